The minimum Gasteiger partial charge on any atom is -0.325 e. The Kier molecular flexibility index (Phi) is 4.59. The van der Waals surface area contributed by atoms with Crippen molar-refractivity contribution < 1.29 is 19.2 Å². The van der Waals surface area contributed by atoms with E-state index in [9.17, 15) is 14.4 Å². The lowest BCUT2D eigenvalue weighted by atomic mass is 10.1. The molecule has 2 heterocycles. The average Bonchev–Trinajstić information content (AvgIpc) is 3.26. The third-order valence-electron chi connectivity index (χ3n) is 5.97. The van der Waals surface area contributed by atoms with Crippen LogP contribution in [-0.2, 0) is 14.4 Å². The summed E-state index contributed by atoms with van der Waals surface area (Å²) in [6.07, 6.45) is 0.126. The molecular weight excluding hydrogens is 404 g/mol. The van der Waals surface area contributed by atoms with E-state index >= 15 is 0 Å². The minimum absolute atomic E-state index is 0.0631. The number of carbonyl (C=O) groups excluding carboxylic acids is 3. The van der Waals surface area contributed by atoms with Gasteiger partial charge < -0.3 is 9.40 Å². The van der Waals surface area contributed by atoms with Crippen molar-refractivity contribution in [2.24, 2.45) is 0 Å². The molecule has 4 aromatic rings. The van der Waals surface area contributed by atoms with E-state index in [1.54, 1.807) is 12.1 Å². The lowest BCUT2D eigenvalue weighted by Gasteiger charge is -2.15. The molecule has 1 aliphatic rings. The van der Waals surface area contributed by atoms with Crippen molar-refractivity contribution in [3.63, 3.8) is 0 Å². The SMILES string of the molecule is Cc1ccc(-n2c3ccccc3c3cc(C(=O)ON4C(=O)CCC4=O)cc(C)c32)c(C)c1. The first-order chi connectivity index (χ1) is 15.3. The topological polar surface area (TPSA) is 68.6 Å². The van der Waals surface area contributed by atoms with Crippen molar-refractivity contribution in [2.75, 3.05) is 0 Å². The zero-order valence-electron chi connectivity index (χ0n) is 18.1. The van der Waals surface area contributed by atoms with E-state index in [0.29, 0.717) is 10.6 Å². The highest BCUT2D eigenvalue weighted by atomic mass is 16.7. The molecular formula is C26H22N2O4. The molecule has 0 unspecified atom stereocenters. The van der Waals surface area contributed by atoms with Crippen LogP contribution in [0.2, 0.25) is 0 Å². The van der Waals surface area contributed by atoms with E-state index in [1.165, 1.54) is 5.56 Å². The third-order valence-corrected chi connectivity index (χ3v) is 5.97. The summed E-state index contributed by atoms with van der Waals surface area (Å²) in [6.45, 7) is 6.11. The first-order valence-corrected chi connectivity index (χ1v) is 10.5. The molecule has 6 heteroatoms. The first kappa shape index (κ1) is 20.0. The van der Waals surface area contributed by atoms with Crippen molar-refractivity contribution in [3.05, 3.63) is 76.9 Å². The van der Waals surface area contributed by atoms with Crippen molar-refractivity contribution in [2.45, 2.75) is 33.6 Å². The molecule has 0 aliphatic carbocycles. The van der Waals surface area contributed by atoms with Crippen LogP contribution >= 0.6 is 0 Å². The lowest BCUT2D eigenvalue weighted by molar-refractivity contribution is -0.172. The number of para-hydroxylation sites is 1. The Labute approximate surface area is 184 Å². The molecule has 3 aromatic carbocycles. The fourth-order valence-electron chi connectivity index (χ4n) is 4.52. The Morgan fingerprint density at radius 1 is 0.844 bits per heavy atom. The number of aryl methyl sites for hydroxylation is 3. The van der Waals surface area contributed by atoms with Gasteiger partial charge in [-0.3, -0.25) is 9.59 Å². The van der Waals surface area contributed by atoms with Gasteiger partial charge in [-0.05, 0) is 56.2 Å². The largest absolute Gasteiger partial charge is 0.363 e. The van der Waals surface area contributed by atoms with Crippen molar-refractivity contribution in [3.8, 4) is 5.69 Å². The second-order valence-electron chi connectivity index (χ2n) is 8.29. The Morgan fingerprint density at radius 2 is 1.56 bits per heavy atom. The summed E-state index contributed by atoms with van der Waals surface area (Å²) in [5.41, 5.74) is 6.65. The van der Waals surface area contributed by atoms with E-state index in [2.05, 4.69) is 42.7 Å². The van der Waals surface area contributed by atoms with E-state index in [0.717, 1.165) is 38.6 Å². The van der Waals surface area contributed by atoms with Gasteiger partial charge in [-0.15, -0.1) is 5.06 Å². The predicted molar refractivity (Wildman–Crippen MR) is 121 cm³/mol. The molecule has 0 radical (unpaired) electrons. The average molecular weight is 426 g/mol. The Balaban J connectivity index is 1.70. The molecule has 32 heavy (non-hydrogen) atoms. The van der Waals surface area contributed by atoms with Crippen molar-refractivity contribution >= 4 is 39.6 Å². The van der Waals surface area contributed by atoms with Crippen LogP contribution in [0.5, 0.6) is 0 Å². The predicted octanol–water partition coefficient (Wildman–Crippen LogP) is 4.93. The van der Waals surface area contributed by atoms with Crippen LogP contribution in [0.4, 0.5) is 0 Å². The van der Waals surface area contributed by atoms with Gasteiger partial charge in [0, 0.05) is 29.3 Å². The van der Waals surface area contributed by atoms with E-state index < -0.39 is 17.8 Å². The first-order valence-electron chi connectivity index (χ1n) is 10.5. The van der Waals surface area contributed by atoms with Crippen LogP contribution < -0.4 is 0 Å². The van der Waals surface area contributed by atoms with E-state index in [4.69, 9.17) is 4.84 Å². The van der Waals surface area contributed by atoms with Gasteiger partial charge >= 0.3 is 5.97 Å². The number of benzene rings is 3. The molecule has 160 valence electrons. The molecule has 1 aliphatic heterocycles. The summed E-state index contributed by atoms with van der Waals surface area (Å²) in [4.78, 5) is 41.7. The maximum atomic E-state index is 12.8. The van der Waals surface area contributed by atoms with Crippen molar-refractivity contribution in [1.29, 1.82) is 0 Å². The number of hydroxylamine groups is 2. The standard InChI is InChI=1S/C26H22N2O4/c1-15-8-9-21(16(2)12-15)27-22-7-5-4-6-19(22)20-14-18(13-17(3)25(20)27)26(31)32-28-23(29)10-11-24(28)30/h4-9,12-14H,10-11H2,1-3H3. The maximum absolute atomic E-state index is 12.8. The van der Waals surface area contributed by atoms with Gasteiger partial charge in [0.2, 0.25) is 0 Å². The summed E-state index contributed by atoms with van der Waals surface area (Å²) >= 11 is 0. The summed E-state index contributed by atoms with van der Waals surface area (Å²) in [7, 11) is 0. The number of carbonyl (C=O) groups is 3. The second kappa shape index (κ2) is 7.34. The fourth-order valence-corrected chi connectivity index (χ4v) is 4.52. The van der Waals surface area contributed by atoms with Gasteiger partial charge in [0.25, 0.3) is 11.8 Å². The number of imide groups is 1. The number of amides is 2. The molecule has 0 bridgehead atoms. The fraction of sp³-hybridized carbons (Fsp3) is 0.192. The molecule has 1 saturated heterocycles. The molecule has 0 atom stereocenters. The van der Waals surface area contributed by atoms with Gasteiger partial charge in [0.05, 0.1) is 16.6 Å². The molecule has 0 N–H and O–H groups in total. The number of nitrogens with zero attached hydrogens (tertiary/aromatic N) is 2. The van der Waals surface area contributed by atoms with Gasteiger partial charge in [-0.25, -0.2) is 4.79 Å². The zero-order valence-corrected chi connectivity index (χ0v) is 18.1. The van der Waals surface area contributed by atoms with E-state index in [-0.39, 0.29) is 12.8 Å². The second-order valence-corrected chi connectivity index (χ2v) is 8.29. The Bertz CT molecular complexity index is 1430. The lowest BCUT2D eigenvalue weighted by Crippen LogP contribution is -2.32. The molecule has 0 spiro atoms. The van der Waals surface area contributed by atoms with Crippen LogP contribution in [0.15, 0.2) is 54.6 Å². The normalized spacial score (nSPS) is 14.0. The monoisotopic (exact) mass is 426 g/mol. The Hall–Kier alpha value is -3.93. The number of aromatic nitrogens is 1. The summed E-state index contributed by atoms with van der Waals surface area (Å²) < 4.78 is 2.22. The highest BCUT2D eigenvalue weighted by molar-refractivity contribution is 6.12. The molecule has 1 aromatic heterocycles. The highest BCUT2D eigenvalue weighted by Crippen LogP contribution is 2.36. The van der Waals surface area contributed by atoms with Gasteiger partial charge in [0.15, 0.2) is 0 Å². The maximum Gasteiger partial charge on any atom is 0.363 e. The molecule has 0 saturated carbocycles. The zero-order chi connectivity index (χ0) is 22.6. The van der Waals surface area contributed by atoms with Crippen LogP contribution in [0.3, 0.4) is 0 Å². The minimum atomic E-state index is -0.720. The van der Waals surface area contributed by atoms with Crippen LogP contribution in [0, 0.1) is 20.8 Å². The van der Waals surface area contributed by atoms with Crippen molar-refractivity contribution in [1.82, 2.24) is 9.63 Å². The molecule has 1 fully saturated rings. The molecule has 6 nitrogen and oxygen atoms in total. The van der Waals surface area contributed by atoms with Crippen LogP contribution in [0.25, 0.3) is 27.5 Å². The van der Waals surface area contributed by atoms with Crippen LogP contribution in [0.1, 0.15) is 39.9 Å². The highest BCUT2D eigenvalue weighted by Gasteiger charge is 2.33. The quantitative estimate of drug-likeness (QED) is 0.436. The third kappa shape index (κ3) is 3.07. The van der Waals surface area contributed by atoms with Gasteiger partial charge in [-0.2, -0.15) is 0 Å². The summed E-state index contributed by atoms with van der Waals surface area (Å²) in [6, 6.07) is 17.9. The number of hydrogen-bond acceptors (Lipinski definition) is 4. The molecule has 5 rings (SSSR count). The summed E-state index contributed by atoms with van der Waals surface area (Å²) in [5.74, 6) is -1.71. The van der Waals surface area contributed by atoms with Crippen LogP contribution in [-0.4, -0.2) is 27.4 Å². The number of rotatable bonds is 3. The number of fused-ring (bicyclic) bond motifs is 3. The van der Waals surface area contributed by atoms with Gasteiger partial charge in [-0.1, -0.05) is 35.9 Å². The van der Waals surface area contributed by atoms with E-state index in [1.807, 2.05) is 25.1 Å². The smallest absolute Gasteiger partial charge is 0.325 e. The van der Waals surface area contributed by atoms with Gasteiger partial charge in [0.1, 0.15) is 0 Å². The molecule has 2 amide bonds. The summed E-state index contributed by atoms with van der Waals surface area (Å²) in [5, 5.41) is 2.50. The number of hydrogen-bond donors (Lipinski definition) is 0. The Morgan fingerprint density at radius 3 is 2.28 bits per heavy atom.